The van der Waals surface area contributed by atoms with Gasteiger partial charge in [0.25, 0.3) is 0 Å². The minimum Gasteiger partial charge on any atom is -0.384 e. The third-order valence-corrected chi connectivity index (χ3v) is 5.19. The third-order valence-electron chi connectivity index (χ3n) is 4.82. The summed E-state index contributed by atoms with van der Waals surface area (Å²) in [5.41, 5.74) is 0.597. The minimum atomic E-state index is -0.408. The summed E-state index contributed by atoms with van der Waals surface area (Å²) in [5.74, 6) is 0.208. The van der Waals surface area contributed by atoms with Crippen molar-refractivity contribution in [3.63, 3.8) is 0 Å². The van der Waals surface area contributed by atoms with Crippen molar-refractivity contribution in [2.24, 2.45) is 5.41 Å². The van der Waals surface area contributed by atoms with Crippen LogP contribution in [0.5, 0.6) is 0 Å². The molecule has 0 atom stereocenters. The molecular formula is C19H30Cl2N2O2. The van der Waals surface area contributed by atoms with Gasteiger partial charge < -0.3 is 15.0 Å². The maximum Gasteiger partial charge on any atom is 0.231 e. The zero-order chi connectivity index (χ0) is 17.4. The van der Waals surface area contributed by atoms with Crippen molar-refractivity contribution in [2.45, 2.75) is 39.2 Å². The predicted octanol–water partition coefficient (Wildman–Crippen LogP) is 3.91. The molecule has 25 heavy (non-hydrogen) atoms. The zero-order valence-electron chi connectivity index (χ0n) is 15.2. The topological polar surface area (TPSA) is 41.6 Å². The van der Waals surface area contributed by atoms with E-state index in [2.05, 4.69) is 12.2 Å². The van der Waals surface area contributed by atoms with Crippen LogP contribution >= 0.6 is 24.0 Å². The van der Waals surface area contributed by atoms with E-state index in [0.29, 0.717) is 13.2 Å². The highest BCUT2D eigenvalue weighted by molar-refractivity contribution is 6.31. The number of nitrogens with one attached hydrogen (secondary N) is 1. The van der Waals surface area contributed by atoms with Crippen LogP contribution in [0.2, 0.25) is 5.02 Å². The highest BCUT2D eigenvalue weighted by Crippen LogP contribution is 2.33. The lowest BCUT2D eigenvalue weighted by Crippen LogP contribution is -2.51. The highest BCUT2D eigenvalue weighted by atomic mass is 35.5. The van der Waals surface area contributed by atoms with Gasteiger partial charge in [-0.2, -0.15) is 0 Å². The van der Waals surface area contributed by atoms with Crippen molar-refractivity contribution < 1.29 is 9.53 Å². The fourth-order valence-corrected chi connectivity index (χ4v) is 3.57. The van der Waals surface area contributed by atoms with E-state index < -0.39 is 5.41 Å². The number of benzene rings is 1. The third kappa shape index (κ3) is 5.85. The number of carbonyl (C=O) groups is 1. The summed E-state index contributed by atoms with van der Waals surface area (Å²) in [6.45, 7) is 5.69. The van der Waals surface area contributed by atoms with E-state index in [4.69, 9.17) is 16.3 Å². The van der Waals surface area contributed by atoms with Gasteiger partial charge in [0.15, 0.2) is 0 Å². The van der Waals surface area contributed by atoms with Crippen LogP contribution in [0.3, 0.4) is 0 Å². The van der Waals surface area contributed by atoms with Crippen LogP contribution in [0.4, 0.5) is 0 Å². The van der Waals surface area contributed by atoms with Crippen molar-refractivity contribution in [1.29, 1.82) is 0 Å². The van der Waals surface area contributed by atoms with Crippen molar-refractivity contribution >= 4 is 29.9 Å². The molecule has 1 aliphatic heterocycles. The number of hydrogen-bond acceptors (Lipinski definition) is 3. The Morgan fingerprint density at radius 2 is 2.00 bits per heavy atom. The van der Waals surface area contributed by atoms with Crippen LogP contribution in [-0.4, -0.2) is 44.2 Å². The van der Waals surface area contributed by atoms with Crippen molar-refractivity contribution in [1.82, 2.24) is 10.2 Å². The Balaban J connectivity index is 0.00000312. The molecule has 2 rings (SSSR count). The maximum atomic E-state index is 13.4. The molecule has 1 aromatic rings. The molecule has 1 heterocycles. The van der Waals surface area contributed by atoms with Crippen molar-refractivity contribution in [2.75, 3.05) is 33.4 Å². The molecule has 0 unspecified atom stereocenters. The molecule has 1 aromatic carbocycles. The van der Waals surface area contributed by atoms with Gasteiger partial charge in [0.05, 0.1) is 12.0 Å². The number of nitrogens with zero attached hydrogens (tertiary/aromatic N) is 1. The Hall–Kier alpha value is -0.810. The first kappa shape index (κ1) is 22.2. The molecule has 142 valence electrons. The Bertz CT molecular complexity index is 528. The number of rotatable bonds is 8. The average Bonchev–Trinajstić information content (AvgIpc) is 2.60. The molecule has 0 bridgehead atoms. The van der Waals surface area contributed by atoms with Crippen LogP contribution in [-0.2, 0) is 16.1 Å². The fraction of sp³-hybridized carbons (Fsp3) is 0.632. The largest absolute Gasteiger partial charge is 0.384 e. The lowest BCUT2D eigenvalue weighted by Gasteiger charge is -2.39. The molecule has 6 heteroatoms. The number of halogens is 2. The molecule has 0 aromatic heterocycles. The Morgan fingerprint density at radius 1 is 1.32 bits per heavy atom. The smallest absolute Gasteiger partial charge is 0.231 e. The Morgan fingerprint density at radius 3 is 2.60 bits per heavy atom. The lowest BCUT2D eigenvalue weighted by molar-refractivity contribution is -0.148. The first-order valence-corrected chi connectivity index (χ1v) is 9.23. The van der Waals surface area contributed by atoms with Crippen LogP contribution in [0.15, 0.2) is 24.3 Å². The van der Waals surface area contributed by atoms with Crippen LogP contribution < -0.4 is 5.32 Å². The molecule has 0 aliphatic carbocycles. The first-order valence-electron chi connectivity index (χ1n) is 8.85. The predicted molar refractivity (Wildman–Crippen MR) is 105 cm³/mol. The number of ether oxygens (including phenoxy) is 1. The number of unbranched alkanes of at least 4 members (excludes halogenated alkanes) is 1. The second-order valence-corrected chi connectivity index (χ2v) is 7.04. The van der Waals surface area contributed by atoms with Gasteiger partial charge in [0.1, 0.15) is 0 Å². The van der Waals surface area contributed by atoms with E-state index in [1.165, 1.54) is 0 Å². The summed E-state index contributed by atoms with van der Waals surface area (Å²) in [6, 6.07) is 7.77. The first-order chi connectivity index (χ1) is 11.6. The second-order valence-electron chi connectivity index (χ2n) is 6.64. The quantitative estimate of drug-likeness (QED) is 0.733. The van der Waals surface area contributed by atoms with E-state index in [-0.39, 0.29) is 18.3 Å². The molecule has 0 radical (unpaired) electrons. The van der Waals surface area contributed by atoms with Gasteiger partial charge in [-0.3, -0.25) is 4.79 Å². The standard InChI is InChI=1S/C19H29ClN2O2.ClH/c1-3-4-13-22(14-16-7-5-6-8-17(16)20)18(23)19(15-24-2)9-11-21-12-10-19;/h5-8,21H,3-4,9-15H2,1-2H3;1H. The number of piperidine rings is 1. The van der Waals surface area contributed by atoms with Crippen molar-refractivity contribution in [3.05, 3.63) is 34.9 Å². The van der Waals surface area contributed by atoms with E-state index in [9.17, 15) is 4.79 Å². The van der Waals surface area contributed by atoms with Crippen LogP contribution in [0, 0.1) is 5.41 Å². The molecular weight excluding hydrogens is 359 g/mol. The van der Waals surface area contributed by atoms with Gasteiger partial charge in [-0.1, -0.05) is 43.1 Å². The molecule has 1 fully saturated rings. The van der Waals surface area contributed by atoms with E-state index >= 15 is 0 Å². The Kier molecular flexibility index (Phi) is 9.80. The molecule has 0 saturated carbocycles. The van der Waals surface area contributed by atoms with Gasteiger partial charge in [-0.05, 0) is 44.0 Å². The molecule has 1 amide bonds. The lowest BCUT2D eigenvalue weighted by atomic mass is 9.78. The summed E-state index contributed by atoms with van der Waals surface area (Å²) in [7, 11) is 1.68. The van der Waals surface area contributed by atoms with Gasteiger partial charge in [0, 0.05) is 25.2 Å². The number of carbonyl (C=O) groups excluding carboxylic acids is 1. The maximum absolute atomic E-state index is 13.4. The average molecular weight is 389 g/mol. The highest BCUT2D eigenvalue weighted by Gasteiger charge is 2.42. The summed E-state index contributed by atoms with van der Waals surface area (Å²) in [5, 5.41) is 4.07. The minimum absolute atomic E-state index is 0. The summed E-state index contributed by atoms with van der Waals surface area (Å²) in [4.78, 5) is 15.4. The SMILES string of the molecule is CCCCN(Cc1ccccc1Cl)C(=O)C1(COC)CCNCC1.Cl. The van der Waals surface area contributed by atoms with Gasteiger partial charge in [-0.25, -0.2) is 0 Å². The Labute approximate surface area is 162 Å². The van der Waals surface area contributed by atoms with Gasteiger partial charge in [-0.15, -0.1) is 12.4 Å². The number of amides is 1. The molecule has 0 spiro atoms. The summed E-state index contributed by atoms with van der Waals surface area (Å²) < 4.78 is 5.43. The monoisotopic (exact) mass is 388 g/mol. The molecule has 1 aliphatic rings. The second kappa shape index (κ2) is 11.0. The molecule has 4 nitrogen and oxygen atoms in total. The van der Waals surface area contributed by atoms with Gasteiger partial charge in [0.2, 0.25) is 5.91 Å². The summed E-state index contributed by atoms with van der Waals surface area (Å²) >= 11 is 6.32. The summed E-state index contributed by atoms with van der Waals surface area (Å²) in [6.07, 6.45) is 3.71. The van der Waals surface area contributed by atoms with E-state index in [0.717, 1.165) is 55.9 Å². The number of hydrogen-bond donors (Lipinski definition) is 1. The van der Waals surface area contributed by atoms with E-state index in [1.807, 2.05) is 29.2 Å². The molecule has 1 N–H and O–H groups in total. The zero-order valence-corrected chi connectivity index (χ0v) is 16.8. The van der Waals surface area contributed by atoms with E-state index in [1.54, 1.807) is 7.11 Å². The fourth-order valence-electron chi connectivity index (χ4n) is 3.37. The normalized spacial score (nSPS) is 16.1. The van der Waals surface area contributed by atoms with Crippen LogP contribution in [0.1, 0.15) is 38.2 Å². The number of methoxy groups -OCH3 is 1. The molecule has 1 saturated heterocycles. The van der Waals surface area contributed by atoms with Crippen LogP contribution in [0.25, 0.3) is 0 Å². The van der Waals surface area contributed by atoms with Crippen molar-refractivity contribution in [3.8, 4) is 0 Å². The van der Waals surface area contributed by atoms with Gasteiger partial charge >= 0.3 is 0 Å².